The number of rotatable bonds is 5. The average molecular weight is 310 g/mol. The number of carbonyl (C=O) groups excluding carboxylic acids is 2. The highest BCUT2D eigenvalue weighted by atomic mass is 16.5. The topological polar surface area (TPSA) is 82.9 Å². The first-order valence-electron chi connectivity index (χ1n) is 7.26. The van der Waals surface area contributed by atoms with Crippen LogP contribution in [0, 0.1) is 25.2 Å². The standard InChI is InChI=1S/C18H18N2O3/c1-10-16(12(3)21)11(2)20-17(10)18(22)13(4)23-15-7-5-14(9-19)6-8-15/h5-8,13,20H,1-4H3. The number of aromatic nitrogens is 1. The highest BCUT2D eigenvalue weighted by Crippen LogP contribution is 2.21. The van der Waals surface area contributed by atoms with E-state index >= 15 is 0 Å². The van der Waals surface area contributed by atoms with Crippen LogP contribution < -0.4 is 4.74 Å². The minimum Gasteiger partial charge on any atom is -0.483 e. The lowest BCUT2D eigenvalue weighted by Crippen LogP contribution is -2.25. The minimum atomic E-state index is -0.709. The molecule has 5 nitrogen and oxygen atoms in total. The van der Waals surface area contributed by atoms with E-state index in [2.05, 4.69) is 4.98 Å². The third kappa shape index (κ3) is 3.32. The third-order valence-electron chi connectivity index (χ3n) is 3.70. The maximum atomic E-state index is 12.6. The number of hydrogen-bond acceptors (Lipinski definition) is 4. The van der Waals surface area contributed by atoms with Gasteiger partial charge in [0.25, 0.3) is 0 Å². The molecule has 0 radical (unpaired) electrons. The lowest BCUT2D eigenvalue weighted by molar-refractivity contribution is 0.0812. The predicted octanol–water partition coefficient (Wildman–Crippen LogP) is 3.36. The number of nitriles is 1. The summed E-state index contributed by atoms with van der Waals surface area (Å²) in [5.74, 6) is 0.219. The second kappa shape index (κ2) is 6.49. The van der Waals surface area contributed by atoms with Crippen LogP contribution in [0.4, 0.5) is 0 Å². The Kier molecular flexibility index (Phi) is 4.65. The van der Waals surface area contributed by atoms with Gasteiger partial charge in [-0.1, -0.05) is 0 Å². The maximum absolute atomic E-state index is 12.6. The number of nitrogens with one attached hydrogen (secondary N) is 1. The minimum absolute atomic E-state index is 0.0732. The van der Waals surface area contributed by atoms with Gasteiger partial charge in [0.05, 0.1) is 17.3 Å². The molecule has 0 fully saturated rings. The lowest BCUT2D eigenvalue weighted by Gasteiger charge is -2.13. The van der Waals surface area contributed by atoms with Gasteiger partial charge in [-0.15, -0.1) is 0 Å². The van der Waals surface area contributed by atoms with Crippen molar-refractivity contribution in [1.82, 2.24) is 4.98 Å². The van der Waals surface area contributed by atoms with E-state index in [4.69, 9.17) is 10.00 Å². The van der Waals surface area contributed by atoms with E-state index in [1.807, 2.05) is 6.07 Å². The summed E-state index contributed by atoms with van der Waals surface area (Å²) in [5.41, 5.74) is 2.81. The highest BCUT2D eigenvalue weighted by Gasteiger charge is 2.24. The second-order valence-electron chi connectivity index (χ2n) is 5.44. The second-order valence-corrected chi connectivity index (χ2v) is 5.44. The van der Waals surface area contributed by atoms with Crippen LogP contribution >= 0.6 is 0 Å². The Hall–Kier alpha value is -2.87. The summed E-state index contributed by atoms with van der Waals surface area (Å²) >= 11 is 0. The smallest absolute Gasteiger partial charge is 0.219 e. The molecule has 0 aliphatic carbocycles. The molecule has 1 unspecified atom stereocenters. The summed E-state index contributed by atoms with van der Waals surface area (Å²) in [6.45, 7) is 6.66. The number of ether oxygens (including phenoxy) is 1. The number of carbonyl (C=O) groups is 2. The van der Waals surface area contributed by atoms with Crippen molar-refractivity contribution in [2.75, 3.05) is 0 Å². The first kappa shape index (κ1) is 16.5. The first-order valence-corrected chi connectivity index (χ1v) is 7.26. The molecule has 0 amide bonds. The monoisotopic (exact) mass is 310 g/mol. The van der Waals surface area contributed by atoms with Gasteiger partial charge in [0.1, 0.15) is 5.75 Å². The fourth-order valence-electron chi connectivity index (χ4n) is 2.59. The predicted molar refractivity (Wildman–Crippen MR) is 85.8 cm³/mol. The molecule has 5 heteroatoms. The number of benzene rings is 1. The fourth-order valence-corrected chi connectivity index (χ4v) is 2.59. The van der Waals surface area contributed by atoms with Crippen molar-refractivity contribution < 1.29 is 14.3 Å². The summed E-state index contributed by atoms with van der Waals surface area (Å²) in [7, 11) is 0. The normalized spacial score (nSPS) is 11.6. The van der Waals surface area contributed by atoms with Gasteiger partial charge < -0.3 is 9.72 Å². The Morgan fingerprint density at radius 2 is 1.83 bits per heavy atom. The summed E-state index contributed by atoms with van der Waals surface area (Å²) < 4.78 is 5.63. The number of ketones is 2. The van der Waals surface area contributed by atoms with Crippen LogP contribution in [0.3, 0.4) is 0 Å². The zero-order valence-electron chi connectivity index (χ0n) is 13.6. The number of hydrogen-bond donors (Lipinski definition) is 1. The lowest BCUT2D eigenvalue weighted by atomic mass is 10.0. The zero-order valence-corrected chi connectivity index (χ0v) is 13.6. The molecule has 1 heterocycles. The van der Waals surface area contributed by atoms with Crippen LogP contribution in [0.2, 0.25) is 0 Å². The number of nitrogens with zero attached hydrogens (tertiary/aromatic N) is 1. The van der Waals surface area contributed by atoms with Gasteiger partial charge in [-0.3, -0.25) is 9.59 Å². The van der Waals surface area contributed by atoms with Crippen LogP contribution in [-0.4, -0.2) is 22.7 Å². The van der Waals surface area contributed by atoms with Gasteiger partial charge in [0.2, 0.25) is 5.78 Å². The van der Waals surface area contributed by atoms with Crippen molar-refractivity contribution >= 4 is 11.6 Å². The van der Waals surface area contributed by atoms with Gasteiger partial charge in [-0.25, -0.2) is 0 Å². The fraction of sp³-hybridized carbons (Fsp3) is 0.278. The molecule has 2 aromatic rings. The Bertz CT molecular complexity index is 795. The highest BCUT2D eigenvalue weighted by molar-refractivity contribution is 6.04. The van der Waals surface area contributed by atoms with E-state index in [0.717, 1.165) is 0 Å². The van der Waals surface area contributed by atoms with E-state index in [0.29, 0.717) is 33.8 Å². The van der Waals surface area contributed by atoms with Gasteiger partial charge >= 0.3 is 0 Å². The van der Waals surface area contributed by atoms with Crippen molar-refractivity contribution in [3.63, 3.8) is 0 Å². The van der Waals surface area contributed by atoms with Crippen molar-refractivity contribution in [2.45, 2.75) is 33.8 Å². The molecule has 1 aromatic heterocycles. The quantitative estimate of drug-likeness (QED) is 0.858. The summed E-state index contributed by atoms with van der Waals surface area (Å²) in [4.78, 5) is 27.2. The maximum Gasteiger partial charge on any atom is 0.219 e. The molecule has 23 heavy (non-hydrogen) atoms. The molecular weight excluding hydrogens is 292 g/mol. The molecular formula is C18H18N2O3. The van der Waals surface area contributed by atoms with E-state index < -0.39 is 6.10 Å². The summed E-state index contributed by atoms with van der Waals surface area (Å²) in [6, 6.07) is 8.58. The molecule has 0 spiro atoms. The molecule has 0 aliphatic heterocycles. The van der Waals surface area contributed by atoms with Crippen LogP contribution in [-0.2, 0) is 0 Å². The van der Waals surface area contributed by atoms with Gasteiger partial charge in [0.15, 0.2) is 11.9 Å². The summed E-state index contributed by atoms with van der Waals surface area (Å²) in [6.07, 6.45) is -0.709. The van der Waals surface area contributed by atoms with Crippen molar-refractivity contribution in [3.8, 4) is 11.8 Å². The Morgan fingerprint density at radius 1 is 1.22 bits per heavy atom. The molecule has 0 saturated carbocycles. The number of aromatic amines is 1. The number of H-pyrrole nitrogens is 1. The molecule has 2 rings (SSSR count). The van der Waals surface area contributed by atoms with Gasteiger partial charge in [-0.2, -0.15) is 5.26 Å². The van der Waals surface area contributed by atoms with E-state index in [-0.39, 0.29) is 11.6 Å². The van der Waals surface area contributed by atoms with E-state index in [1.165, 1.54) is 6.92 Å². The molecule has 118 valence electrons. The Labute approximate surface area is 134 Å². The van der Waals surface area contributed by atoms with Crippen LogP contribution in [0.5, 0.6) is 5.75 Å². The number of aryl methyl sites for hydroxylation is 1. The van der Waals surface area contributed by atoms with E-state index in [9.17, 15) is 9.59 Å². The average Bonchev–Trinajstić information content (AvgIpc) is 2.82. The zero-order chi connectivity index (χ0) is 17.1. The molecule has 1 N–H and O–H groups in total. The van der Waals surface area contributed by atoms with Crippen LogP contribution in [0.25, 0.3) is 0 Å². The molecule has 0 saturated heterocycles. The SMILES string of the molecule is CC(=O)c1c(C)[nH]c(C(=O)C(C)Oc2ccc(C#N)cc2)c1C. The Morgan fingerprint density at radius 3 is 2.30 bits per heavy atom. The Balaban J connectivity index is 2.21. The first-order chi connectivity index (χ1) is 10.8. The summed E-state index contributed by atoms with van der Waals surface area (Å²) in [5, 5.41) is 8.77. The van der Waals surface area contributed by atoms with Gasteiger partial charge in [-0.05, 0) is 57.5 Å². The van der Waals surface area contributed by atoms with Crippen molar-refractivity contribution in [2.24, 2.45) is 0 Å². The van der Waals surface area contributed by atoms with Crippen molar-refractivity contribution in [3.05, 3.63) is 52.3 Å². The van der Waals surface area contributed by atoms with Gasteiger partial charge in [0, 0.05) is 11.3 Å². The molecule has 0 aliphatic rings. The third-order valence-corrected chi connectivity index (χ3v) is 3.70. The van der Waals surface area contributed by atoms with Crippen LogP contribution in [0.15, 0.2) is 24.3 Å². The number of Topliss-reactive ketones (excluding diaryl/α,β-unsaturated/α-hetero) is 2. The van der Waals surface area contributed by atoms with E-state index in [1.54, 1.807) is 45.0 Å². The van der Waals surface area contributed by atoms with Crippen LogP contribution in [0.1, 0.15) is 51.5 Å². The molecule has 1 aromatic carbocycles. The largest absolute Gasteiger partial charge is 0.483 e. The molecule has 0 bridgehead atoms. The molecule has 1 atom stereocenters. The van der Waals surface area contributed by atoms with Crippen molar-refractivity contribution in [1.29, 1.82) is 5.26 Å².